The van der Waals surface area contributed by atoms with Crippen molar-refractivity contribution in [3.8, 4) is 0 Å². The molecular formula is C16H16BNO6. The quantitative estimate of drug-likeness (QED) is 0.586. The van der Waals surface area contributed by atoms with Gasteiger partial charge in [-0.15, -0.1) is 0 Å². The van der Waals surface area contributed by atoms with Gasteiger partial charge in [-0.2, -0.15) is 0 Å². The molecular weight excluding hydrogens is 313 g/mol. The van der Waals surface area contributed by atoms with Crippen molar-refractivity contribution in [2.75, 3.05) is 19.1 Å². The van der Waals surface area contributed by atoms with E-state index in [0.29, 0.717) is 11.2 Å². The van der Waals surface area contributed by atoms with Gasteiger partial charge in [0.05, 0.1) is 19.8 Å². The molecule has 8 heteroatoms. The number of rotatable bonds is 4. The summed E-state index contributed by atoms with van der Waals surface area (Å²) in [5, 5.41) is 18.3. The summed E-state index contributed by atoms with van der Waals surface area (Å²) in [5.41, 5.74) is 0.862. The van der Waals surface area contributed by atoms with Crippen LogP contribution in [0.15, 0.2) is 60.0 Å². The second-order valence-corrected chi connectivity index (χ2v) is 4.78. The first-order chi connectivity index (χ1) is 11.5. The molecule has 124 valence electrons. The molecule has 0 aliphatic carbocycles. The fourth-order valence-electron chi connectivity index (χ4n) is 2.17. The monoisotopic (exact) mass is 329 g/mol. The van der Waals surface area contributed by atoms with E-state index in [1.807, 2.05) is 0 Å². The molecule has 0 atom stereocenters. The summed E-state index contributed by atoms with van der Waals surface area (Å²) >= 11 is 0. The molecule has 1 aliphatic rings. The number of allylic oxidation sites excluding steroid dienone is 2. The number of carbonyl (C=O) groups is 2. The number of benzene rings is 1. The second kappa shape index (κ2) is 7.63. The largest absolute Gasteiger partial charge is 0.488 e. The first-order valence-electron chi connectivity index (χ1n) is 7.00. The third-order valence-electron chi connectivity index (χ3n) is 3.36. The van der Waals surface area contributed by atoms with Crippen LogP contribution in [0.5, 0.6) is 0 Å². The van der Waals surface area contributed by atoms with Crippen molar-refractivity contribution in [3.05, 3.63) is 60.0 Å². The Hall–Kier alpha value is -2.84. The van der Waals surface area contributed by atoms with Crippen LogP contribution in [-0.2, 0) is 19.1 Å². The van der Waals surface area contributed by atoms with Crippen molar-refractivity contribution in [3.63, 3.8) is 0 Å². The van der Waals surface area contributed by atoms with E-state index < -0.39 is 19.1 Å². The van der Waals surface area contributed by atoms with Crippen LogP contribution < -0.4 is 10.4 Å². The van der Waals surface area contributed by atoms with Gasteiger partial charge in [-0.3, -0.25) is 0 Å². The molecule has 0 saturated carbocycles. The predicted octanol–water partition coefficient (Wildman–Crippen LogP) is -0.144. The lowest BCUT2D eigenvalue weighted by Gasteiger charge is -2.23. The van der Waals surface area contributed by atoms with Crippen LogP contribution in [-0.4, -0.2) is 43.3 Å². The van der Waals surface area contributed by atoms with Crippen molar-refractivity contribution < 1.29 is 29.1 Å². The summed E-state index contributed by atoms with van der Waals surface area (Å²) in [6.45, 7) is 0. The molecule has 0 aromatic heterocycles. The first kappa shape index (κ1) is 17.5. The maximum Gasteiger partial charge on any atom is 0.488 e. The molecule has 0 bridgehead atoms. The number of hydrogen-bond donors (Lipinski definition) is 2. The average Bonchev–Trinajstić information content (AvgIpc) is 2.83. The maximum atomic E-state index is 12.2. The van der Waals surface area contributed by atoms with Gasteiger partial charge in [0.15, 0.2) is 0 Å². The minimum Gasteiger partial charge on any atom is -0.465 e. The van der Waals surface area contributed by atoms with Crippen molar-refractivity contribution in [1.82, 2.24) is 0 Å². The number of ether oxygens (including phenoxy) is 2. The molecule has 1 heterocycles. The normalized spacial score (nSPS) is 13.6. The Bertz CT molecular complexity index is 721. The molecule has 0 spiro atoms. The van der Waals surface area contributed by atoms with Crippen LogP contribution in [0.2, 0.25) is 0 Å². The average molecular weight is 329 g/mol. The maximum absolute atomic E-state index is 12.2. The highest BCUT2D eigenvalue weighted by molar-refractivity contribution is 6.58. The molecule has 2 N–H and O–H groups in total. The van der Waals surface area contributed by atoms with Crippen molar-refractivity contribution >= 4 is 30.2 Å². The van der Waals surface area contributed by atoms with Gasteiger partial charge in [-0.25, -0.2) is 9.59 Å². The lowest BCUT2D eigenvalue weighted by molar-refractivity contribution is -0.139. The van der Waals surface area contributed by atoms with Crippen LogP contribution in [0.1, 0.15) is 0 Å². The zero-order valence-electron chi connectivity index (χ0n) is 13.2. The third kappa shape index (κ3) is 3.56. The Morgan fingerprint density at radius 3 is 2.17 bits per heavy atom. The van der Waals surface area contributed by atoms with Gasteiger partial charge in [0.2, 0.25) is 0 Å². The van der Waals surface area contributed by atoms with Gasteiger partial charge in [0.1, 0.15) is 5.70 Å². The van der Waals surface area contributed by atoms with Gasteiger partial charge >= 0.3 is 19.1 Å². The van der Waals surface area contributed by atoms with Crippen molar-refractivity contribution in [1.29, 1.82) is 0 Å². The van der Waals surface area contributed by atoms with Crippen LogP contribution in [0, 0.1) is 0 Å². The zero-order valence-corrected chi connectivity index (χ0v) is 13.2. The number of methoxy groups -OCH3 is 2. The van der Waals surface area contributed by atoms with Crippen molar-refractivity contribution in [2.45, 2.75) is 0 Å². The Labute approximate surface area is 139 Å². The van der Waals surface area contributed by atoms with E-state index in [4.69, 9.17) is 19.5 Å². The molecule has 24 heavy (non-hydrogen) atoms. The lowest BCUT2D eigenvalue weighted by Crippen LogP contribution is -2.30. The summed E-state index contributed by atoms with van der Waals surface area (Å²) in [6.07, 6.45) is 6.29. The smallest absolute Gasteiger partial charge is 0.465 e. The SMILES string of the molecule is COC(=O)C1=C(C(=O)OC)N(c2ccc(B(O)O)cc2)C=CC=C1. The summed E-state index contributed by atoms with van der Waals surface area (Å²) in [6, 6.07) is 6.17. The van der Waals surface area contributed by atoms with Crippen LogP contribution in [0.3, 0.4) is 0 Å². The molecule has 1 aromatic rings. The molecule has 0 saturated heterocycles. The van der Waals surface area contributed by atoms with E-state index in [1.54, 1.807) is 30.5 Å². The third-order valence-corrected chi connectivity index (χ3v) is 3.36. The fraction of sp³-hybridized carbons (Fsp3) is 0.125. The van der Waals surface area contributed by atoms with E-state index in [9.17, 15) is 9.59 Å². The predicted molar refractivity (Wildman–Crippen MR) is 88.1 cm³/mol. The molecule has 1 aliphatic heterocycles. The minimum absolute atomic E-state index is 0.00773. The number of esters is 2. The highest BCUT2D eigenvalue weighted by Crippen LogP contribution is 2.25. The fourth-order valence-corrected chi connectivity index (χ4v) is 2.17. The molecule has 7 nitrogen and oxygen atoms in total. The zero-order chi connectivity index (χ0) is 17.7. The summed E-state index contributed by atoms with van der Waals surface area (Å²) in [4.78, 5) is 25.7. The molecule has 1 aromatic carbocycles. The topological polar surface area (TPSA) is 96.3 Å². The minimum atomic E-state index is -1.60. The van der Waals surface area contributed by atoms with E-state index in [2.05, 4.69) is 0 Å². The van der Waals surface area contributed by atoms with E-state index in [-0.39, 0.29) is 11.3 Å². The highest BCUT2D eigenvalue weighted by Gasteiger charge is 2.27. The summed E-state index contributed by atoms with van der Waals surface area (Å²) < 4.78 is 9.52. The standard InChI is InChI=1S/C16H16BNO6/c1-23-15(19)13-5-3-4-10-18(14(13)16(20)24-2)12-8-6-11(7-9-12)17(21)22/h3-10,21-22H,1-2H3. The molecule has 0 fully saturated rings. The Morgan fingerprint density at radius 2 is 1.62 bits per heavy atom. The molecule has 0 amide bonds. The van der Waals surface area contributed by atoms with Crippen molar-refractivity contribution in [2.24, 2.45) is 0 Å². The number of anilines is 1. The highest BCUT2D eigenvalue weighted by atomic mass is 16.5. The van der Waals surface area contributed by atoms with E-state index in [0.717, 1.165) is 0 Å². The molecule has 0 unspecified atom stereocenters. The van der Waals surface area contributed by atoms with Gasteiger partial charge in [0, 0.05) is 11.9 Å². The van der Waals surface area contributed by atoms with Gasteiger partial charge in [-0.1, -0.05) is 18.2 Å². The van der Waals surface area contributed by atoms with E-state index in [1.165, 1.54) is 37.3 Å². The number of nitrogens with zero attached hydrogens (tertiary/aromatic N) is 1. The Balaban J connectivity index is 2.56. The van der Waals surface area contributed by atoms with Crippen LogP contribution in [0.4, 0.5) is 5.69 Å². The van der Waals surface area contributed by atoms with Gasteiger partial charge in [0.25, 0.3) is 0 Å². The lowest BCUT2D eigenvalue weighted by atomic mass is 9.80. The molecule has 0 radical (unpaired) electrons. The number of carbonyl (C=O) groups excluding carboxylic acids is 2. The summed E-state index contributed by atoms with van der Waals surface area (Å²) in [7, 11) is 0.839. The van der Waals surface area contributed by atoms with Crippen LogP contribution in [0.25, 0.3) is 0 Å². The van der Waals surface area contributed by atoms with Gasteiger partial charge in [-0.05, 0) is 29.7 Å². The Kier molecular flexibility index (Phi) is 5.57. The van der Waals surface area contributed by atoms with Crippen LogP contribution >= 0.6 is 0 Å². The second-order valence-electron chi connectivity index (χ2n) is 4.78. The first-order valence-corrected chi connectivity index (χ1v) is 7.00. The number of hydrogen-bond acceptors (Lipinski definition) is 7. The Morgan fingerprint density at radius 1 is 1.00 bits per heavy atom. The molecule has 2 rings (SSSR count). The summed E-state index contributed by atoms with van der Waals surface area (Å²) in [5.74, 6) is -1.39. The van der Waals surface area contributed by atoms with E-state index >= 15 is 0 Å². The van der Waals surface area contributed by atoms with Gasteiger partial charge < -0.3 is 24.4 Å².